The minimum absolute atomic E-state index is 0.0137. The third kappa shape index (κ3) is 2.90. The Labute approximate surface area is 131 Å². The van der Waals surface area contributed by atoms with Gasteiger partial charge in [-0.3, -0.25) is 9.69 Å². The normalized spacial score (nSPS) is 26.5. The standard InChI is InChI=1S/C16H25N3O3/c1-3-12-9-19(10-13(12)18-5-7-21-8-6-18)16(20)15-14(4-2)22-11-17-15/h11-13H,3-10H2,1-2H3. The second-order valence-electron chi connectivity index (χ2n) is 6.07. The molecule has 0 N–H and O–H groups in total. The first-order chi connectivity index (χ1) is 10.7. The highest BCUT2D eigenvalue weighted by Crippen LogP contribution is 2.27. The van der Waals surface area contributed by atoms with Crippen molar-refractivity contribution in [2.75, 3.05) is 39.4 Å². The molecule has 0 saturated carbocycles. The van der Waals surface area contributed by atoms with Crippen LogP contribution in [0.1, 0.15) is 36.5 Å². The molecule has 1 aromatic rings. The number of aryl methyl sites for hydroxylation is 1. The summed E-state index contributed by atoms with van der Waals surface area (Å²) in [4.78, 5) is 21.3. The van der Waals surface area contributed by atoms with Crippen molar-refractivity contribution in [2.45, 2.75) is 32.7 Å². The molecule has 1 amide bonds. The van der Waals surface area contributed by atoms with Gasteiger partial charge in [0.05, 0.1) is 13.2 Å². The van der Waals surface area contributed by atoms with E-state index in [1.54, 1.807) is 0 Å². The van der Waals surface area contributed by atoms with Gasteiger partial charge in [0.15, 0.2) is 12.1 Å². The SMILES string of the molecule is CCc1ocnc1C(=O)N1CC(CC)C(N2CCOCC2)C1. The minimum atomic E-state index is 0.0137. The second-order valence-corrected chi connectivity index (χ2v) is 6.07. The Balaban J connectivity index is 1.72. The predicted molar refractivity (Wildman–Crippen MR) is 81.7 cm³/mol. The quantitative estimate of drug-likeness (QED) is 0.842. The number of carbonyl (C=O) groups is 1. The average Bonchev–Trinajstić information content (AvgIpc) is 3.21. The van der Waals surface area contributed by atoms with Gasteiger partial charge in [-0.25, -0.2) is 4.98 Å². The van der Waals surface area contributed by atoms with Gasteiger partial charge in [0, 0.05) is 38.6 Å². The van der Waals surface area contributed by atoms with Crippen molar-refractivity contribution in [1.82, 2.24) is 14.8 Å². The Hall–Kier alpha value is -1.40. The molecule has 0 aliphatic carbocycles. The molecule has 2 aliphatic heterocycles. The lowest BCUT2D eigenvalue weighted by atomic mass is 9.99. The van der Waals surface area contributed by atoms with Crippen molar-refractivity contribution in [3.8, 4) is 0 Å². The van der Waals surface area contributed by atoms with E-state index in [4.69, 9.17) is 9.15 Å². The Bertz CT molecular complexity index is 510. The van der Waals surface area contributed by atoms with E-state index in [1.165, 1.54) is 6.39 Å². The Morgan fingerprint density at radius 1 is 1.32 bits per heavy atom. The van der Waals surface area contributed by atoms with Gasteiger partial charge in [-0.1, -0.05) is 20.3 Å². The van der Waals surface area contributed by atoms with Gasteiger partial charge >= 0.3 is 0 Å². The van der Waals surface area contributed by atoms with Crippen LogP contribution in [0.5, 0.6) is 0 Å². The van der Waals surface area contributed by atoms with Crippen LogP contribution in [0.4, 0.5) is 0 Å². The molecule has 2 saturated heterocycles. The summed E-state index contributed by atoms with van der Waals surface area (Å²) >= 11 is 0. The molecule has 22 heavy (non-hydrogen) atoms. The third-order valence-corrected chi connectivity index (χ3v) is 4.90. The van der Waals surface area contributed by atoms with E-state index in [1.807, 2.05) is 11.8 Å². The lowest BCUT2D eigenvalue weighted by molar-refractivity contribution is 0.0102. The van der Waals surface area contributed by atoms with Crippen LogP contribution in [0, 0.1) is 5.92 Å². The lowest BCUT2D eigenvalue weighted by Crippen LogP contribution is -2.47. The van der Waals surface area contributed by atoms with Gasteiger partial charge in [0.1, 0.15) is 5.76 Å². The third-order valence-electron chi connectivity index (χ3n) is 4.90. The zero-order valence-corrected chi connectivity index (χ0v) is 13.5. The number of ether oxygens (including phenoxy) is 1. The molecule has 2 aliphatic rings. The number of hydrogen-bond acceptors (Lipinski definition) is 5. The van der Waals surface area contributed by atoms with E-state index >= 15 is 0 Å². The van der Waals surface area contributed by atoms with Crippen molar-refractivity contribution < 1.29 is 13.9 Å². The van der Waals surface area contributed by atoms with Crippen LogP contribution >= 0.6 is 0 Å². The maximum absolute atomic E-state index is 12.7. The number of aromatic nitrogens is 1. The Morgan fingerprint density at radius 3 is 2.77 bits per heavy atom. The summed E-state index contributed by atoms with van der Waals surface area (Å²) in [5.41, 5.74) is 0.486. The molecule has 2 unspecified atom stereocenters. The van der Waals surface area contributed by atoms with Crippen LogP contribution in [0.15, 0.2) is 10.8 Å². The van der Waals surface area contributed by atoms with Gasteiger partial charge in [-0.05, 0) is 5.92 Å². The molecule has 3 rings (SSSR count). The molecular weight excluding hydrogens is 282 g/mol. The van der Waals surface area contributed by atoms with Crippen LogP contribution in [0.3, 0.4) is 0 Å². The second kappa shape index (κ2) is 6.79. The minimum Gasteiger partial charge on any atom is -0.448 e. The molecule has 1 aromatic heterocycles. The smallest absolute Gasteiger partial charge is 0.276 e. The summed E-state index contributed by atoms with van der Waals surface area (Å²) in [5, 5.41) is 0. The highest BCUT2D eigenvalue weighted by Gasteiger charge is 2.39. The molecule has 2 atom stereocenters. The first-order valence-electron chi connectivity index (χ1n) is 8.28. The van der Waals surface area contributed by atoms with Crippen LogP contribution < -0.4 is 0 Å². The van der Waals surface area contributed by atoms with Gasteiger partial charge in [0.2, 0.25) is 0 Å². The van der Waals surface area contributed by atoms with E-state index < -0.39 is 0 Å². The first kappa shape index (κ1) is 15.5. The number of amides is 1. The summed E-state index contributed by atoms with van der Waals surface area (Å²) in [6.07, 6.45) is 3.16. The van der Waals surface area contributed by atoms with Crippen molar-refractivity contribution in [1.29, 1.82) is 0 Å². The van der Waals surface area contributed by atoms with Crippen LogP contribution in [0.25, 0.3) is 0 Å². The lowest BCUT2D eigenvalue weighted by Gasteiger charge is -2.34. The van der Waals surface area contributed by atoms with E-state index in [-0.39, 0.29) is 5.91 Å². The Morgan fingerprint density at radius 2 is 2.09 bits per heavy atom. The van der Waals surface area contributed by atoms with Crippen molar-refractivity contribution in [3.05, 3.63) is 17.8 Å². The fourth-order valence-corrected chi connectivity index (χ4v) is 3.59. The number of likely N-dealkylation sites (tertiary alicyclic amines) is 1. The van der Waals surface area contributed by atoms with Crippen LogP contribution in [-0.4, -0.2) is 66.1 Å². The molecule has 0 radical (unpaired) electrons. The zero-order valence-electron chi connectivity index (χ0n) is 13.5. The summed E-state index contributed by atoms with van der Waals surface area (Å²) in [7, 11) is 0. The van der Waals surface area contributed by atoms with Gasteiger partial charge in [-0.15, -0.1) is 0 Å². The average molecular weight is 307 g/mol. The highest BCUT2D eigenvalue weighted by atomic mass is 16.5. The molecule has 3 heterocycles. The molecule has 2 fully saturated rings. The maximum atomic E-state index is 12.7. The number of nitrogens with zero attached hydrogens (tertiary/aromatic N) is 3. The first-order valence-corrected chi connectivity index (χ1v) is 8.28. The van der Waals surface area contributed by atoms with E-state index in [0.717, 1.165) is 45.8 Å². The predicted octanol–water partition coefficient (Wildman–Crippen LogP) is 1.42. The van der Waals surface area contributed by atoms with Crippen molar-refractivity contribution in [3.63, 3.8) is 0 Å². The highest BCUT2D eigenvalue weighted by molar-refractivity contribution is 5.93. The van der Waals surface area contributed by atoms with Gasteiger partial charge in [0.25, 0.3) is 5.91 Å². The topological polar surface area (TPSA) is 58.8 Å². The molecule has 122 valence electrons. The number of hydrogen-bond donors (Lipinski definition) is 0. The van der Waals surface area contributed by atoms with Crippen LogP contribution in [-0.2, 0) is 11.2 Å². The van der Waals surface area contributed by atoms with Crippen molar-refractivity contribution >= 4 is 5.91 Å². The number of oxazole rings is 1. The number of morpholine rings is 1. The summed E-state index contributed by atoms with van der Waals surface area (Å²) in [6, 6.07) is 0.440. The summed E-state index contributed by atoms with van der Waals surface area (Å²) in [6.45, 7) is 9.31. The summed E-state index contributed by atoms with van der Waals surface area (Å²) < 4.78 is 10.8. The number of carbonyl (C=O) groups excluding carboxylic acids is 1. The van der Waals surface area contributed by atoms with E-state index in [9.17, 15) is 4.79 Å². The Kier molecular flexibility index (Phi) is 4.78. The monoisotopic (exact) mass is 307 g/mol. The number of rotatable bonds is 4. The molecule has 6 nitrogen and oxygen atoms in total. The molecular formula is C16H25N3O3. The molecule has 0 aromatic carbocycles. The van der Waals surface area contributed by atoms with Gasteiger partial charge < -0.3 is 14.1 Å². The van der Waals surface area contributed by atoms with Crippen molar-refractivity contribution in [2.24, 2.45) is 5.92 Å². The van der Waals surface area contributed by atoms with E-state index in [2.05, 4.69) is 16.8 Å². The maximum Gasteiger partial charge on any atom is 0.276 e. The largest absolute Gasteiger partial charge is 0.448 e. The molecule has 0 bridgehead atoms. The molecule has 0 spiro atoms. The fraction of sp³-hybridized carbons (Fsp3) is 0.750. The zero-order chi connectivity index (χ0) is 15.5. The van der Waals surface area contributed by atoms with Gasteiger partial charge in [-0.2, -0.15) is 0 Å². The summed E-state index contributed by atoms with van der Waals surface area (Å²) in [5.74, 6) is 1.23. The van der Waals surface area contributed by atoms with E-state index in [0.29, 0.717) is 29.8 Å². The van der Waals surface area contributed by atoms with Crippen LogP contribution in [0.2, 0.25) is 0 Å². The molecule has 6 heteroatoms. The fourth-order valence-electron chi connectivity index (χ4n) is 3.59.